The quantitative estimate of drug-likeness (QED) is 0.667. The van der Waals surface area contributed by atoms with Gasteiger partial charge in [0, 0.05) is 0 Å². The predicted octanol–water partition coefficient (Wildman–Crippen LogP) is 2.42. The van der Waals surface area contributed by atoms with Crippen molar-refractivity contribution in [1.82, 2.24) is 4.90 Å². The highest BCUT2D eigenvalue weighted by Crippen LogP contribution is 2.28. The molecule has 1 N–H and O–H groups in total. The Labute approximate surface area is 129 Å². The SMILES string of the molecule is COc1ccc(NC(=O)CN2CCCCCC2)c([N+](=O)[O-])c1. The Morgan fingerprint density at radius 1 is 1.32 bits per heavy atom. The molecule has 0 atom stereocenters. The Balaban J connectivity index is 2.02. The van der Waals surface area contributed by atoms with Gasteiger partial charge in [-0.25, -0.2) is 0 Å². The molecule has 1 fully saturated rings. The number of nitro benzene ring substituents is 1. The molecule has 1 aliphatic heterocycles. The first-order valence-corrected chi connectivity index (χ1v) is 7.45. The van der Waals surface area contributed by atoms with E-state index in [1.54, 1.807) is 6.07 Å². The van der Waals surface area contributed by atoms with Gasteiger partial charge in [-0.15, -0.1) is 0 Å². The van der Waals surface area contributed by atoms with Crippen LogP contribution in [-0.2, 0) is 4.79 Å². The Morgan fingerprint density at radius 3 is 2.59 bits per heavy atom. The number of ether oxygens (including phenoxy) is 1. The summed E-state index contributed by atoms with van der Waals surface area (Å²) in [4.78, 5) is 24.8. The molecule has 0 aliphatic carbocycles. The molecule has 0 spiro atoms. The molecule has 0 radical (unpaired) electrons. The van der Waals surface area contributed by atoms with Crippen LogP contribution in [0.25, 0.3) is 0 Å². The van der Waals surface area contributed by atoms with Crippen LogP contribution in [0.5, 0.6) is 5.75 Å². The highest BCUT2D eigenvalue weighted by Gasteiger charge is 2.19. The van der Waals surface area contributed by atoms with Crippen molar-refractivity contribution in [3.63, 3.8) is 0 Å². The van der Waals surface area contributed by atoms with Gasteiger partial charge in [-0.3, -0.25) is 19.8 Å². The number of anilines is 1. The van der Waals surface area contributed by atoms with E-state index >= 15 is 0 Å². The number of likely N-dealkylation sites (tertiary alicyclic amines) is 1. The lowest BCUT2D eigenvalue weighted by Gasteiger charge is -2.19. The number of hydrogen-bond donors (Lipinski definition) is 1. The Morgan fingerprint density at radius 2 is 2.00 bits per heavy atom. The summed E-state index contributed by atoms with van der Waals surface area (Å²) >= 11 is 0. The van der Waals surface area contributed by atoms with E-state index in [1.165, 1.54) is 32.1 Å². The maximum Gasteiger partial charge on any atom is 0.296 e. The maximum absolute atomic E-state index is 12.1. The van der Waals surface area contributed by atoms with Crippen LogP contribution in [0.1, 0.15) is 25.7 Å². The number of benzene rings is 1. The van der Waals surface area contributed by atoms with Crippen molar-refractivity contribution in [3.05, 3.63) is 28.3 Å². The molecule has 0 saturated carbocycles. The van der Waals surface area contributed by atoms with Crippen molar-refractivity contribution < 1.29 is 14.5 Å². The van der Waals surface area contributed by atoms with E-state index in [2.05, 4.69) is 10.2 Å². The molecule has 0 bridgehead atoms. The van der Waals surface area contributed by atoms with Crippen molar-refractivity contribution in [2.75, 3.05) is 32.1 Å². The van der Waals surface area contributed by atoms with Gasteiger partial charge < -0.3 is 10.1 Å². The topological polar surface area (TPSA) is 84.7 Å². The fourth-order valence-electron chi connectivity index (χ4n) is 2.58. The molecular weight excluding hydrogens is 286 g/mol. The van der Waals surface area contributed by atoms with Crippen LogP contribution in [0.3, 0.4) is 0 Å². The molecule has 0 aromatic heterocycles. The zero-order valence-electron chi connectivity index (χ0n) is 12.7. The highest BCUT2D eigenvalue weighted by atomic mass is 16.6. The van der Waals surface area contributed by atoms with E-state index in [1.807, 2.05) is 0 Å². The number of amides is 1. The van der Waals surface area contributed by atoms with Crippen molar-refractivity contribution in [2.24, 2.45) is 0 Å². The van der Waals surface area contributed by atoms with Crippen LogP contribution < -0.4 is 10.1 Å². The number of nitro groups is 1. The van der Waals surface area contributed by atoms with Gasteiger partial charge in [0.05, 0.1) is 24.6 Å². The van der Waals surface area contributed by atoms with Gasteiger partial charge in [-0.05, 0) is 38.1 Å². The van der Waals surface area contributed by atoms with Gasteiger partial charge in [0.25, 0.3) is 5.69 Å². The first-order chi connectivity index (χ1) is 10.6. The molecule has 0 unspecified atom stereocenters. The Hall–Kier alpha value is -2.15. The van der Waals surface area contributed by atoms with E-state index in [4.69, 9.17) is 4.74 Å². The van der Waals surface area contributed by atoms with E-state index in [0.717, 1.165) is 25.9 Å². The summed E-state index contributed by atoms with van der Waals surface area (Å²) in [6, 6.07) is 4.40. The van der Waals surface area contributed by atoms with Gasteiger partial charge in [0.1, 0.15) is 11.4 Å². The number of methoxy groups -OCH3 is 1. The van der Waals surface area contributed by atoms with E-state index < -0.39 is 4.92 Å². The van der Waals surface area contributed by atoms with Crippen molar-refractivity contribution in [1.29, 1.82) is 0 Å². The van der Waals surface area contributed by atoms with Gasteiger partial charge in [-0.1, -0.05) is 12.8 Å². The molecule has 1 amide bonds. The zero-order chi connectivity index (χ0) is 15.9. The van der Waals surface area contributed by atoms with Crippen LogP contribution >= 0.6 is 0 Å². The minimum atomic E-state index is -0.524. The third-order valence-electron chi connectivity index (χ3n) is 3.74. The van der Waals surface area contributed by atoms with Crippen molar-refractivity contribution in [2.45, 2.75) is 25.7 Å². The number of carbonyl (C=O) groups excluding carboxylic acids is 1. The summed E-state index contributed by atoms with van der Waals surface area (Å²) in [5, 5.41) is 13.7. The first-order valence-electron chi connectivity index (χ1n) is 7.45. The highest BCUT2D eigenvalue weighted by molar-refractivity contribution is 5.94. The summed E-state index contributed by atoms with van der Waals surface area (Å²) in [5.41, 5.74) is 0.0363. The van der Waals surface area contributed by atoms with Crippen LogP contribution in [0.2, 0.25) is 0 Å². The average Bonchev–Trinajstić information content (AvgIpc) is 2.76. The zero-order valence-corrected chi connectivity index (χ0v) is 12.7. The number of carbonyl (C=O) groups is 1. The second kappa shape index (κ2) is 7.74. The fraction of sp³-hybridized carbons (Fsp3) is 0.533. The lowest BCUT2D eigenvalue weighted by molar-refractivity contribution is -0.384. The lowest BCUT2D eigenvalue weighted by atomic mass is 10.2. The average molecular weight is 307 g/mol. The van der Waals surface area contributed by atoms with Crippen LogP contribution in [-0.4, -0.2) is 42.5 Å². The smallest absolute Gasteiger partial charge is 0.296 e. The van der Waals surface area contributed by atoms with Gasteiger partial charge in [-0.2, -0.15) is 0 Å². The third-order valence-corrected chi connectivity index (χ3v) is 3.74. The van der Waals surface area contributed by atoms with Gasteiger partial charge >= 0.3 is 0 Å². The van der Waals surface area contributed by atoms with Crippen molar-refractivity contribution in [3.8, 4) is 5.75 Å². The number of nitrogens with zero attached hydrogens (tertiary/aromatic N) is 2. The normalized spacial score (nSPS) is 15.9. The summed E-state index contributed by atoms with van der Waals surface area (Å²) in [6.45, 7) is 2.07. The monoisotopic (exact) mass is 307 g/mol. The number of hydrogen-bond acceptors (Lipinski definition) is 5. The van der Waals surface area contributed by atoms with Crippen LogP contribution in [0.15, 0.2) is 18.2 Å². The largest absolute Gasteiger partial charge is 0.496 e. The fourth-order valence-corrected chi connectivity index (χ4v) is 2.58. The Bertz CT molecular complexity index is 540. The van der Waals surface area contributed by atoms with E-state index in [0.29, 0.717) is 5.75 Å². The minimum absolute atomic E-state index is 0.163. The van der Waals surface area contributed by atoms with Gasteiger partial charge in [0.2, 0.25) is 5.91 Å². The van der Waals surface area contributed by atoms with E-state index in [9.17, 15) is 14.9 Å². The molecule has 1 heterocycles. The predicted molar refractivity (Wildman–Crippen MR) is 83.2 cm³/mol. The molecule has 1 aromatic rings. The number of rotatable bonds is 5. The van der Waals surface area contributed by atoms with E-state index in [-0.39, 0.29) is 23.8 Å². The second-order valence-corrected chi connectivity index (χ2v) is 5.38. The van der Waals surface area contributed by atoms with Crippen molar-refractivity contribution >= 4 is 17.3 Å². The molecule has 1 aromatic carbocycles. The molecule has 2 rings (SSSR count). The minimum Gasteiger partial charge on any atom is -0.496 e. The standard InChI is InChI=1S/C15H21N3O4/c1-22-12-6-7-13(14(10-12)18(20)21)16-15(19)11-17-8-4-2-3-5-9-17/h6-7,10H,2-5,8-9,11H2,1H3,(H,16,19). The molecule has 7 nitrogen and oxygen atoms in total. The second-order valence-electron chi connectivity index (χ2n) is 5.38. The van der Waals surface area contributed by atoms with Crippen LogP contribution in [0, 0.1) is 10.1 Å². The lowest BCUT2D eigenvalue weighted by Crippen LogP contribution is -2.34. The summed E-state index contributed by atoms with van der Waals surface area (Å²) in [5.74, 6) is 0.160. The van der Waals surface area contributed by atoms with Gasteiger partial charge in [0.15, 0.2) is 0 Å². The number of nitrogens with one attached hydrogen (secondary N) is 1. The third kappa shape index (κ3) is 4.42. The molecule has 7 heteroatoms. The molecule has 120 valence electrons. The van der Waals surface area contributed by atoms with Crippen LogP contribution in [0.4, 0.5) is 11.4 Å². The molecule has 1 saturated heterocycles. The summed E-state index contributed by atoms with van der Waals surface area (Å²) in [7, 11) is 1.44. The maximum atomic E-state index is 12.1. The summed E-state index contributed by atoms with van der Waals surface area (Å²) < 4.78 is 4.97. The molecule has 1 aliphatic rings. The summed E-state index contributed by atoms with van der Waals surface area (Å²) in [6.07, 6.45) is 4.58. The molecule has 22 heavy (non-hydrogen) atoms. The molecular formula is C15H21N3O4. The first kappa shape index (κ1) is 16.2. The Kier molecular flexibility index (Phi) is 5.71.